The highest BCUT2D eigenvalue weighted by atomic mass is 127. The van der Waals surface area contributed by atoms with Crippen LogP contribution in [0.3, 0.4) is 0 Å². The van der Waals surface area contributed by atoms with Crippen molar-refractivity contribution in [2.45, 2.75) is 0 Å². The molecule has 0 heterocycles. The minimum atomic E-state index is 0.326. The fourth-order valence-electron chi connectivity index (χ4n) is 1.29. The first kappa shape index (κ1) is 22.1. The summed E-state index contributed by atoms with van der Waals surface area (Å²) in [5.74, 6) is 2.39. The maximum absolute atomic E-state index is 5.36. The molecule has 0 aromatic rings. The molecule has 0 saturated carbocycles. The van der Waals surface area contributed by atoms with Gasteiger partial charge in [-0.3, -0.25) is 0 Å². The number of halogens is 1. The molecule has 0 unspecified atom stereocenters. The summed E-state index contributed by atoms with van der Waals surface area (Å²) in [7, 11) is 0. The van der Waals surface area contributed by atoms with Gasteiger partial charge in [0, 0.05) is 4.43 Å². The maximum atomic E-state index is 5.36. The summed E-state index contributed by atoms with van der Waals surface area (Å²) in [6.07, 6.45) is 5.04. The highest BCUT2D eigenvalue weighted by Crippen LogP contribution is 1.85. The van der Waals surface area contributed by atoms with Crippen LogP contribution in [0.2, 0.25) is 0 Å². The monoisotopic (exact) mass is 430 g/mol. The number of rotatable bonds is 18. The van der Waals surface area contributed by atoms with E-state index in [0.29, 0.717) is 72.7 Å². The predicted molar refractivity (Wildman–Crippen MR) is 92.6 cm³/mol. The molecule has 7 heteroatoms. The first-order valence-corrected chi connectivity index (χ1v) is 8.90. The van der Waals surface area contributed by atoms with Crippen molar-refractivity contribution in [3.8, 4) is 12.3 Å². The van der Waals surface area contributed by atoms with E-state index in [2.05, 4.69) is 28.5 Å². The van der Waals surface area contributed by atoms with Gasteiger partial charge < -0.3 is 28.4 Å². The molecule has 0 atom stereocenters. The summed E-state index contributed by atoms with van der Waals surface area (Å²) >= 11 is 2.27. The van der Waals surface area contributed by atoms with E-state index in [1.54, 1.807) is 0 Å². The zero-order valence-electron chi connectivity index (χ0n) is 13.1. The number of terminal acetylenes is 1. The van der Waals surface area contributed by atoms with Crippen LogP contribution in [0.4, 0.5) is 0 Å². The second-order valence-corrected chi connectivity index (χ2v) is 5.09. The summed E-state index contributed by atoms with van der Waals surface area (Å²) in [4.78, 5) is 0. The van der Waals surface area contributed by atoms with E-state index in [-0.39, 0.29) is 0 Å². The van der Waals surface area contributed by atoms with E-state index >= 15 is 0 Å². The van der Waals surface area contributed by atoms with Gasteiger partial charge in [0.2, 0.25) is 0 Å². The maximum Gasteiger partial charge on any atom is 0.107 e. The van der Waals surface area contributed by atoms with Gasteiger partial charge in [0.1, 0.15) is 6.61 Å². The lowest BCUT2D eigenvalue weighted by Crippen LogP contribution is -2.14. The Morgan fingerprint density at radius 2 is 0.864 bits per heavy atom. The Bertz CT molecular complexity index is 247. The molecule has 0 radical (unpaired) electrons. The van der Waals surface area contributed by atoms with Gasteiger partial charge in [0.05, 0.1) is 72.7 Å². The molecule has 0 fully saturated rings. The third-order valence-corrected chi connectivity index (χ3v) is 2.71. The van der Waals surface area contributed by atoms with Crippen molar-refractivity contribution in [1.29, 1.82) is 0 Å². The molecule has 0 aromatic carbocycles. The quantitative estimate of drug-likeness (QED) is 0.141. The highest BCUT2D eigenvalue weighted by Gasteiger charge is 1.93. The molecule has 130 valence electrons. The smallest absolute Gasteiger partial charge is 0.107 e. The zero-order chi connectivity index (χ0) is 16.1. The lowest BCUT2D eigenvalue weighted by atomic mass is 10.7. The summed E-state index contributed by atoms with van der Waals surface area (Å²) < 4.78 is 32.7. The summed E-state index contributed by atoms with van der Waals surface area (Å²) in [5, 5.41) is 0. The van der Waals surface area contributed by atoms with Crippen LogP contribution in [-0.2, 0) is 28.4 Å². The van der Waals surface area contributed by atoms with Crippen molar-refractivity contribution >= 4 is 22.6 Å². The van der Waals surface area contributed by atoms with Crippen molar-refractivity contribution in [2.24, 2.45) is 0 Å². The molecular formula is C15H27IO6. The molecule has 0 saturated heterocycles. The normalized spacial score (nSPS) is 10.7. The number of alkyl halides is 1. The molecule has 0 rings (SSSR count). The van der Waals surface area contributed by atoms with Crippen molar-refractivity contribution in [3.63, 3.8) is 0 Å². The molecule has 0 N–H and O–H groups in total. The first-order chi connectivity index (χ1) is 10.9. The first-order valence-electron chi connectivity index (χ1n) is 7.37. The van der Waals surface area contributed by atoms with Crippen LogP contribution in [-0.4, -0.2) is 83.7 Å². The lowest BCUT2D eigenvalue weighted by Gasteiger charge is -2.07. The van der Waals surface area contributed by atoms with E-state index in [1.165, 1.54) is 0 Å². The molecule has 6 nitrogen and oxygen atoms in total. The van der Waals surface area contributed by atoms with Crippen LogP contribution in [0.25, 0.3) is 0 Å². The Morgan fingerprint density at radius 1 is 0.545 bits per heavy atom. The minimum Gasteiger partial charge on any atom is -0.378 e. The Morgan fingerprint density at radius 3 is 1.18 bits per heavy atom. The SMILES string of the molecule is C#CCOCCOCCOCCOCCOCCOCCI. The van der Waals surface area contributed by atoms with Crippen molar-refractivity contribution in [3.05, 3.63) is 0 Å². The minimum absolute atomic E-state index is 0.326. The van der Waals surface area contributed by atoms with Crippen LogP contribution in [0, 0.1) is 12.3 Å². The fourth-order valence-corrected chi connectivity index (χ4v) is 1.60. The highest BCUT2D eigenvalue weighted by molar-refractivity contribution is 14.1. The van der Waals surface area contributed by atoms with Crippen molar-refractivity contribution in [1.82, 2.24) is 0 Å². The van der Waals surface area contributed by atoms with E-state index in [9.17, 15) is 0 Å². The van der Waals surface area contributed by atoms with Gasteiger partial charge in [-0.25, -0.2) is 0 Å². The van der Waals surface area contributed by atoms with Crippen molar-refractivity contribution < 1.29 is 28.4 Å². The van der Waals surface area contributed by atoms with Gasteiger partial charge in [-0.1, -0.05) is 28.5 Å². The second kappa shape index (κ2) is 21.0. The van der Waals surface area contributed by atoms with Gasteiger partial charge in [0.15, 0.2) is 0 Å². The Hall–Kier alpha value is 0.0500. The standard InChI is InChI=1S/C15H27IO6/c1-2-4-17-6-8-19-10-12-21-14-15-22-13-11-20-9-7-18-5-3-16/h1H,3-15H2. The van der Waals surface area contributed by atoms with Crippen molar-refractivity contribution in [2.75, 3.05) is 83.7 Å². The molecule has 0 aliphatic heterocycles. The van der Waals surface area contributed by atoms with Crippen LogP contribution in [0.5, 0.6) is 0 Å². The van der Waals surface area contributed by atoms with Crippen LogP contribution < -0.4 is 0 Å². The van der Waals surface area contributed by atoms with Crippen LogP contribution in [0.15, 0.2) is 0 Å². The van der Waals surface area contributed by atoms with Gasteiger partial charge >= 0.3 is 0 Å². The average Bonchev–Trinajstić information content (AvgIpc) is 2.54. The van der Waals surface area contributed by atoms with E-state index in [0.717, 1.165) is 11.0 Å². The van der Waals surface area contributed by atoms with E-state index in [1.807, 2.05) is 0 Å². The van der Waals surface area contributed by atoms with Gasteiger partial charge in [0.25, 0.3) is 0 Å². The number of ether oxygens (including phenoxy) is 6. The fraction of sp³-hybridized carbons (Fsp3) is 0.867. The zero-order valence-corrected chi connectivity index (χ0v) is 15.3. The molecule has 0 spiro atoms. The van der Waals surface area contributed by atoms with Crippen LogP contribution >= 0.6 is 22.6 Å². The average molecular weight is 430 g/mol. The molecule has 22 heavy (non-hydrogen) atoms. The lowest BCUT2D eigenvalue weighted by molar-refractivity contribution is -0.0147. The van der Waals surface area contributed by atoms with Gasteiger partial charge in [-0.15, -0.1) is 6.42 Å². The molecule has 0 aromatic heterocycles. The predicted octanol–water partition coefficient (Wildman–Crippen LogP) is 1.15. The Labute approximate surface area is 147 Å². The Balaban J connectivity index is 2.93. The van der Waals surface area contributed by atoms with Gasteiger partial charge in [-0.05, 0) is 0 Å². The molecule has 0 amide bonds. The largest absolute Gasteiger partial charge is 0.378 e. The molecule has 0 bridgehead atoms. The summed E-state index contributed by atoms with van der Waals surface area (Å²) in [6, 6.07) is 0. The Kier molecular flexibility index (Phi) is 21.1. The van der Waals surface area contributed by atoms with E-state index in [4.69, 9.17) is 34.8 Å². The second-order valence-electron chi connectivity index (χ2n) is 4.01. The molecule has 0 aliphatic rings. The summed E-state index contributed by atoms with van der Waals surface area (Å²) in [6.45, 7) is 6.73. The number of hydrogen-bond acceptors (Lipinski definition) is 6. The van der Waals surface area contributed by atoms with E-state index < -0.39 is 0 Å². The molecule has 0 aliphatic carbocycles. The van der Waals surface area contributed by atoms with Crippen LogP contribution in [0.1, 0.15) is 0 Å². The summed E-state index contributed by atoms with van der Waals surface area (Å²) in [5.41, 5.74) is 0. The third-order valence-electron chi connectivity index (χ3n) is 2.27. The third kappa shape index (κ3) is 20.1. The topological polar surface area (TPSA) is 55.4 Å². The molecular weight excluding hydrogens is 403 g/mol. The van der Waals surface area contributed by atoms with Gasteiger partial charge in [-0.2, -0.15) is 0 Å². The number of hydrogen-bond donors (Lipinski definition) is 0.